The predicted octanol–water partition coefficient (Wildman–Crippen LogP) is 2.05. The summed E-state index contributed by atoms with van der Waals surface area (Å²) < 4.78 is 0. The van der Waals surface area contributed by atoms with E-state index in [-0.39, 0.29) is 51.0 Å². The molecule has 0 amide bonds. The molecule has 0 heterocycles. The van der Waals surface area contributed by atoms with E-state index in [1.807, 2.05) is 0 Å². The Labute approximate surface area is 210 Å². The van der Waals surface area contributed by atoms with Crippen molar-refractivity contribution < 1.29 is 51.0 Å². The summed E-state index contributed by atoms with van der Waals surface area (Å²) in [5, 5.41) is 8.01. The van der Waals surface area contributed by atoms with Crippen molar-refractivity contribution in [3.8, 4) is 11.1 Å². The zero-order chi connectivity index (χ0) is 18.4. The molecular weight excluding hydrogens is 486 g/mol. The molecule has 0 saturated carbocycles. The van der Waals surface area contributed by atoms with Crippen LogP contribution < -0.4 is 24.8 Å². The Kier molecular flexibility index (Phi) is 8.40. The minimum atomic E-state index is 0. The Morgan fingerprint density at radius 3 is 1.97 bits per heavy atom. The SMILES string of the molecule is CCC(C)c1ccc(-c2cc3ccccc3[cH-]2)c2cc3ccccc3cc12.[Cl-].[Cl-].[Zr+3]. The summed E-state index contributed by atoms with van der Waals surface area (Å²) in [4.78, 5) is 0. The average Bonchev–Trinajstić information content (AvgIpc) is 3.15. The summed E-state index contributed by atoms with van der Waals surface area (Å²) in [6.07, 6.45) is 1.15. The van der Waals surface area contributed by atoms with Crippen LogP contribution in [0.1, 0.15) is 31.7 Å². The van der Waals surface area contributed by atoms with Crippen LogP contribution in [0, 0.1) is 0 Å². The Balaban J connectivity index is 0.00000107. The predicted molar refractivity (Wildman–Crippen MR) is 119 cm³/mol. The molecule has 0 aliphatic carbocycles. The second-order valence-corrected chi connectivity index (χ2v) is 7.63. The van der Waals surface area contributed by atoms with E-state index in [0.29, 0.717) is 5.92 Å². The van der Waals surface area contributed by atoms with E-state index < -0.39 is 0 Å². The van der Waals surface area contributed by atoms with Crippen molar-refractivity contribution in [1.29, 1.82) is 0 Å². The standard InChI is InChI=1S/C27H23.2ClH.Zr/c1-3-18(2)24-12-13-25(23-14-19-8-4-5-9-20(19)15-23)27-17-22-11-7-6-10-21(22)16-26(24)27;;;/h4-18H,3H2,1-2H3;2*1H;/q-1;;;+3/p-2. The summed E-state index contributed by atoms with van der Waals surface area (Å²) in [7, 11) is 0. The van der Waals surface area contributed by atoms with Crippen LogP contribution in [0.3, 0.4) is 0 Å². The monoisotopic (exact) mass is 507 g/mol. The molecule has 0 bridgehead atoms. The van der Waals surface area contributed by atoms with Crippen LogP contribution in [0.5, 0.6) is 0 Å². The zero-order valence-corrected chi connectivity index (χ0v) is 21.1. The van der Waals surface area contributed by atoms with Crippen LogP contribution >= 0.6 is 0 Å². The Morgan fingerprint density at radius 2 is 1.33 bits per heavy atom. The molecule has 0 aromatic heterocycles. The van der Waals surface area contributed by atoms with Crippen LogP contribution in [0.4, 0.5) is 0 Å². The van der Waals surface area contributed by atoms with Crippen molar-refractivity contribution in [2.45, 2.75) is 26.2 Å². The third-order valence-corrected chi connectivity index (χ3v) is 5.99. The second-order valence-electron chi connectivity index (χ2n) is 7.63. The molecule has 0 aliphatic rings. The molecule has 0 nitrogen and oxygen atoms in total. The van der Waals surface area contributed by atoms with Gasteiger partial charge in [-0.05, 0) is 45.5 Å². The van der Waals surface area contributed by atoms with Gasteiger partial charge < -0.3 is 24.8 Å². The molecule has 3 heteroatoms. The van der Waals surface area contributed by atoms with E-state index in [0.717, 1.165) is 6.42 Å². The largest absolute Gasteiger partial charge is 3.00 e. The first-order valence-electron chi connectivity index (χ1n) is 9.86. The molecule has 0 aliphatic heterocycles. The number of hydrogen-bond acceptors (Lipinski definition) is 0. The van der Waals surface area contributed by atoms with Crippen molar-refractivity contribution >= 4 is 32.3 Å². The fraction of sp³-hybridized carbons (Fsp3) is 0.148. The Bertz CT molecular complexity index is 1250. The van der Waals surface area contributed by atoms with Crippen molar-refractivity contribution in [3.63, 3.8) is 0 Å². The van der Waals surface area contributed by atoms with Crippen molar-refractivity contribution in [3.05, 3.63) is 90.5 Å². The fourth-order valence-corrected chi connectivity index (χ4v) is 4.26. The third-order valence-electron chi connectivity index (χ3n) is 5.99. The van der Waals surface area contributed by atoms with Crippen molar-refractivity contribution in [1.82, 2.24) is 0 Å². The quantitative estimate of drug-likeness (QED) is 0.258. The number of fused-ring (bicyclic) bond motifs is 3. The minimum absolute atomic E-state index is 0. The summed E-state index contributed by atoms with van der Waals surface area (Å²) in [6.45, 7) is 4.61. The molecule has 0 spiro atoms. The Morgan fingerprint density at radius 1 is 0.733 bits per heavy atom. The van der Waals surface area contributed by atoms with Gasteiger partial charge in [0.1, 0.15) is 0 Å². The normalized spacial score (nSPS) is 11.5. The Hall–Kier alpha value is -1.53. The smallest absolute Gasteiger partial charge is 1.00 e. The van der Waals surface area contributed by atoms with Gasteiger partial charge >= 0.3 is 26.2 Å². The number of halogens is 2. The van der Waals surface area contributed by atoms with Crippen LogP contribution in [-0.4, -0.2) is 0 Å². The first kappa shape index (κ1) is 24.7. The second kappa shape index (κ2) is 10.2. The molecule has 1 radical (unpaired) electrons. The van der Waals surface area contributed by atoms with Gasteiger partial charge in [-0.25, -0.2) is 0 Å². The minimum Gasteiger partial charge on any atom is -1.00 e. The van der Waals surface area contributed by atoms with Crippen LogP contribution in [0.25, 0.3) is 43.4 Å². The van der Waals surface area contributed by atoms with E-state index in [4.69, 9.17) is 0 Å². The van der Waals surface area contributed by atoms with E-state index in [9.17, 15) is 0 Å². The number of rotatable bonds is 3. The van der Waals surface area contributed by atoms with Gasteiger partial charge in [0, 0.05) is 0 Å². The average molecular weight is 510 g/mol. The van der Waals surface area contributed by atoms with Crippen LogP contribution in [-0.2, 0) is 26.2 Å². The van der Waals surface area contributed by atoms with E-state index >= 15 is 0 Å². The fourth-order valence-electron chi connectivity index (χ4n) is 4.26. The third kappa shape index (κ3) is 4.26. The maximum absolute atomic E-state index is 2.39. The molecule has 1 unspecified atom stereocenters. The summed E-state index contributed by atoms with van der Waals surface area (Å²) in [6, 6.07) is 31.4. The van der Waals surface area contributed by atoms with Crippen molar-refractivity contribution in [2.75, 3.05) is 0 Å². The van der Waals surface area contributed by atoms with E-state index in [1.54, 1.807) is 0 Å². The molecule has 5 aromatic rings. The topological polar surface area (TPSA) is 0 Å². The summed E-state index contributed by atoms with van der Waals surface area (Å²) >= 11 is 0. The summed E-state index contributed by atoms with van der Waals surface area (Å²) in [5.41, 5.74) is 4.10. The van der Waals surface area contributed by atoms with Gasteiger partial charge in [-0.15, -0.1) is 34.5 Å². The zero-order valence-electron chi connectivity index (χ0n) is 17.1. The number of benzene rings is 4. The van der Waals surface area contributed by atoms with E-state index in [1.165, 1.54) is 49.0 Å². The molecule has 1 atom stereocenters. The van der Waals surface area contributed by atoms with Gasteiger partial charge in [0.2, 0.25) is 0 Å². The maximum Gasteiger partial charge on any atom is 3.00 e. The molecule has 149 valence electrons. The van der Waals surface area contributed by atoms with Gasteiger partial charge in [-0.1, -0.05) is 80.1 Å². The molecule has 0 N–H and O–H groups in total. The molecule has 0 saturated heterocycles. The first-order valence-corrected chi connectivity index (χ1v) is 9.86. The molecule has 30 heavy (non-hydrogen) atoms. The van der Waals surface area contributed by atoms with E-state index in [2.05, 4.69) is 98.8 Å². The maximum atomic E-state index is 2.39. The van der Waals surface area contributed by atoms with Gasteiger partial charge in [0.05, 0.1) is 0 Å². The number of hydrogen-bond donors (Lipinski definition) is 0. The van der Waals surface area contributed by atoms with Gasteiger partial charge in [-0.3, -0.25) is 0 Å². The summed E-state index contributed by atoms with van der Waals surface area (Å²) in [5.74, 6) is 0.557. The van der Waals surface area contributed by atoms with Gasteiger partial charge in [0.15, 0.2) is 0 Å². The molecule has 5 rings (SSSR count). The van der Waals surface area contributed by atoms with Crippen LogP contribution in [0.15, 0.2) is 84.9 Å². The van der Waals surface area contributed by atoms with Gasteiger partial charge in [-0.2, -0.15) is 0 Å². The van der Waals surface area contributed by atoms with Gasteiger partial charge in [0.25, 0.3) is 0 Å². The van der Waals surface area contributed by atoms with Crippen LogP contribution in [0.2, 0.25) is 0 Å². The molecule has 5 aromatic carbocycles. The molecule has 0 fully saturated rings. The first-order chi connectivity index (χ1) is 13.2. The molecular formula is C27H23Cl2Zr. The van der Waals surface area contributed by atoms with Crippen molar-refractivity contribution in [2.24, 2.45) is 0 Å².